The summed E-state index contributed by atoms with van der Waals surface area (Å²) in [4.78, 5) is 23.2. The molecule has 1 aromatic heterocycles. The molecule has 0 spiro atoms. The van der Waals surface area contributed by atoms with Crippen LogP contribution in [0.5, 0.6) is 0 Å². The van der Waals surface area contributed by atoms with Crippen LogP contribution in [0.25, 0.3) is 17.0 Å². The number of aromatic nitrogens is 1. The Kier molecular flexibility index (Phi) is 6.59. The van der Waals surface area contributed by atoms with Crippen LogP contribution in [0.2, 0.25) is 0 Å². The number of nitro groups is 1. The molecule has 0 saturated carbocycles. The van der Waals surface area contributed by atoms with Gasteiger partial charge in [-0.3, -0.25) is 10.1 Å². The van der Waals surface area contributed by atoms with Crippen LogP contribution >= 0.6 is 0 Å². The van der Waals surface area contributed by atoms with Crippen LogP contribution in [0.15, 0.2) is 54.7 Å². The van der Waals surface area contributed by atoms with E-state index in [0.29, 0.717) is 0 Å². The fourth-order valence-electron chi connectivity index (χ4n) is 2.18. The molecule has 1 heterocycles. The van der Waals surface area contributed by atoms with E-state index in [9.17, 15) is 23.7 Å². The number of urea groups is 1. The van der Waals surface area contributed by atoms with Crippen molar-refractivity contribution in [3.63, 3.8) is 0 Å². The number of amides is 2. The van der Waals surface area contributed by atoms with E-state index in [4.69, 9.17) is 5.73 Å². The minimum absolute atomic E-state index is 0.143. The first-order valence-electron chi connectivity index (χ1n) is 7.73. The highest BCUT2D eigenvalue weighted by Gasteiger charge is 2.12. The van der Waals surface area contributed by atoms with Gasteiger partial charge in [-0.2, -0.15) is 0 Å². The Labute approximate surface area is 152 Å². The van der Waals surface area contributed by atoms with Gasteiger partial charge in [0.2, 0.25) is 0 Å². The fourth-order valence-corrected chi connectivity index (χ4v) is 2.18. The summed E-state index contributed by atoms with van der Waals surface area (Å²) in [6.07, 6.45) is 4.68. The van der Waals surface area contributed by atoms with E-state index in [-0.39, 0.29) is 23.6 Å². The lowest BCUT2D eigenvalue weighted by atomic mass is 10.1. The molecule has 3 rings (SSSR count). The number of carbonyl (C=O) groups is 1. The van der Waals surface area contributed by atoms with Crippen molar-refractivity contribution in [1.82, 2.24) is 10.3 Å². The smallest absolute Gasteiger partial charge is 0.312 e. The summed E-state index contributed by atoms with van der Waals surface area (Å²) in [6, 6.07) is 9.15. The van der Waals surface area contributed by atoms with E-state index < -0.39 is 16.8 Å². The number of benzene rings is 2. The number of nitrogens with one attached hydrogen (secondary N) is 2. The highest BCUT2D eigenvalue weighted by atomic mass is 19.1. The van der Waals surface area contributed by atoms with Crippen molar-refractivity contribution in [1.29, 1.82) is 0 Å². The number of nitrogens with two attached hydrogens (primary N) is 1. The Morgan fingerprint density at radius 3 is 2.59 bits per heavy atom. The van der Waals surface area contributed by atoms with Crippen LogP contribution in [-0.2, 0) is 0 Å². The van der Waals surface area contributed by atoms with Crippen molar-refractivity contribution in [3.05, 3.63) is 82.0 Å². The van der Waals surface area contributed by atoms with E-state index in [0.717, 1.165) is 23.0 Å². The summed E-state index contributed by atoms with van der Waals surface area (Å²) in [5.74, 6) is -0.876. The van der Waals surface area contributed by atoms with Gasteiger partial charge in [-0.25, -0.2) is 13.6 Å². The minimum Gasteiger partial charge on any atom is -0.361 e. The van der Waals surface area contributed by atoms with Gasteiger partial charge in [0.15, 0.2) is 0 Å². The zero-order chi connectivity index (χ0) is 19.8. The molecular formula is C18H16F2N4O3. The van der Waals surface area contributed by atoms with Gasteiger partial charge in [0.1, 0.15) is 11.6 Å². The van der Waals surface area contributed by atoms with Gasteiger partial charge in [0, 0.05) is 18.3 Å². The molecule has 0 atom stereocenters. The molecule has 27 heavy (non-hydrogen) atoms. The maximum Gasteiger partial charge on any atom is 0.312 e. The predicted octanol–water partition coefficient (Wildman–Crippen LogP) is 3.72. The number of hydrogen-bond donors (Lipinski definition) is 3. The number of halogens is 2. The van der Waals surface area contributed by atoms with Crippen LogP contribution in [-0.4, -0.2) is 22.5 Å². The molecule has 0 aliphatic heterocycles. The Morgan fingerprint density at radius 1 is 1.19 bits per heavy atom. The lowest BCUT2D eigenvalue weighted by Crippen LogP contribution is -2.29. The second-order valence-corrected chi connectivity index (χ2v) is 5.32. The third kappa shape index (κ3) is 5.92. The van der Waals surface area contributed by atoms with Gasteiger partial charge in [-0.1, -0.05) is 12.2 Å². The second-order valence-electron chi connectivity index (χ2n) is 5.32. The minimum atomic E-state index is -0.691. The number of primary amides is 1. The first kappa shape index (κ1) is 19.6. The number of H-pyrrole nitrogens is 1. The number of fused-ring (bicyclic) bond motifs is 1. The number of aromatic amines is 1. The lowest BCUT2D eigenvalue weighted by Gasteiger charge is -1.98. The molecule has 3 aromatic rings. The summed E-state index contributed by atoms with van der Waals surface area (Å²) < 4.78 is 25.3. The molecule has 4 N–H and O–H groups in total. The van der Waals surface area contributed by atoms with Crippen LogP contribution in [0, 0.1) is 21.7 Å². The van der Waals surface area contributed by atoms with Crippen molar-refractivity contribution in [2.45, 2.75) is 0 Å². The van der Waals surface area contributed by atoms with Gasteiger partial charge < -0.3 is 16.0 Å². The molecule has 2 amide bonds. The molecule has 7 nitrogen and oxygen atoms in total. The Hall–Kier alpha value is -3.75. The summed E-state index contributed by atoms with van der Waals surface area (Å²) in [5.41, 5.74) is 5.59. The van der Waals surface area contributed by atoms with Gasteiger partial charge in [-0.05, 0) is 41.8 Å². The van der Waals surface area contributed by atoms with Gasteiger partial charge in [0.25, 0.3) is 5.69 Å². The Balaban J connectivity index is 0.000000219. The van der Waals surface area contributed by atoms with Gasteiger partial charge in [-0.15, -0.1) is 0 Å². The number of carbonyl (C=O) groups excluding carboxylic acids is 1. The topological polar surface area (TPSA) is 114 Å². The summed E-state index contributed by atoms with van der Waals surface area (Å²) in [7, 11) is 0. The van der Waals surface area contributed by atoms with Crippen molar-refractivity contribution in [2.75, 3.05) is 6.54 Å². The molecule has 0 aliphatic rings. The van der Waals surface area contributed by atoms with Crippen LogP contribution in [0.1, 0.15) is 5.56 Å². The van der Waals surface area contributed by atoms with Crippen molar-refractivity contribution < 1.29 is 18.5 Å². The SMILES string of the molecule is Fc1ccc2cc[nH]c2c1.NC(=O)NC/C=C/c1ccc(F)cc1[N+](=O)[O-]. The van der Waals surface area contributed by atoms with Crippen LogP contribution in [0.3, 0.4) is 0 Å². The van der Waals surface area contributed by atoms with E-state index in [1.54, 1.807) is 12.3 Å². The maximum atomic E-state index is 12.8. The molecule has 0 saturated heterocycles. The molecule has 0 unspecified atom stereocenters. The Morgan fingerprint density at radius 2 is 1.89 bits per heavy atom. The van der Waals surface area contributed by atoms with Crippen molar-refractivity contribution >= 4 is 28.7 Å². The average molecular weight is 374 g/mol. The number of rotatable bonds is 4. The van der Waals surface area contributed by atoms with Crippen LogP contribution < -0.4 is 11.1 Å². The molecule has 0 fully saturated rings. The van der Waals surface area contributed by atoms with E-state index in [1.165, 1.54) is 30.4 Å². The molecule has 9 heteroatoms. The standard InChI is InChI=1S/C10H10FN3O3.C8H6FN/c11-8-4-3-7(9(6-8)14(16)17)2-1-5-13-10(12)15;9-7-2-1-6-3-4-10-8(6)5-7/h1-4,6H,5H2,(H3,12,13,15);1-5,10H/b2-1+;. The van der Waals surface area contributed by atoms with E-state index >= 15 is 0 Å². The molecule has 0 bridgehead atoms. The predicted molar refractivity (Wildman–Crippen MR) is 97.9 cm³/mol. The first-order valence-corrected chi connectivity index (χ1v) is 7.73. The molecule has 0 aliphatic carbocycles. The number of nitro benzene ring substituents is 1. The monoisotopic (exact) mass is 374 g/mol. The summed E-state index contributed by atoms with van der Waals surface area (Å²) >= 11 is 0. The largest absolute Gasteiger partial charge is 0.361 e. The third-order valence-corrected chi connectivity index (χ3v) is 3.40. The maximum absolute atomic E-state index is 12.8. The van der Waals surface area contributed by atoms with Crippen LogP contribution in [0.4, 0.5) is 19.3 Å². The molecule has 140 valence electrons. The molecular weight excluding hydrogens is 358 g/mol. The van der Waals surface area contributed by atoms with Crippen molar-refractivity contribution in [2.24, 2.45) is 5.73 Å². The molecule has 2 aromatic carbocycles. The fraction of sp³-hybridized carbons (Fsp3) is 0.0556. The van der Waals surface area contributed by atoms with E-state index in [2.05, 4.69) is 10.3 Å². The Bertz CT molecular complexity index is 986. The zero-order valence-electron chi connectivity index (χ0n) is 14.0. The molecule has 0 radical (unpaired) electrons. The average Bonchev–Trinajstić information content (AvgIpc) is 3.07. The highest BCUT2D eigenvalue weighted by Crippen LogP contribution is 2.20. The summed E-state index contributed by atoms with van der Waals surface area (Å²) in [6.45, 7) is 0.143. The third-order valence-electron chi connectivity index (χ3n) is 3.40. The summed E-state index contributed by atoms with van der Waals surface area (Å²) in [5, 5.41) is 14.0. The van der Waals surface area contributed by atoms with Gasteiger partial charge >= 0.3 is 6.03 Å². The normalized spacial score (nSPS) is 10.4. The zero-order valence-corrected chi connectivity index (χ0v) is 14.0. The first-order chi connectivity index (χ1) is 12.9. The number of nitrogens with zero attached hydrogens (tertiary/aromatic N) is 1. The highest BCUT2D eigenvalue weighted by molar-refractivity contribution is 5.79. The van der Waals surface area contributed by atoms with E-state index in [1.807, 2.05) is 6.07 Å². The number of hydrogen-bond acceptors (Lipinski definition) is 3. The quantitative estimate of drug-likeness (QED) is 0.477. The second kappa shape index (κ2) is 9.09. The van der Waals surface area contributed by atoms with Crippen molar-refractivity contribution in [3.8, 4) is 0 Å². The van der Waals surface area contributed by atoms with Gasteiger partial charge in [0.05, 0.1) is 16.6 Å². The lowest BCUT2D eigenvalue weighted by molar-refractivity contribution is -0.385.